The number of carbonyl (C=O) groups is 1. The Morgan fingerprint density at radius 3 is 2.31 bits per heavy atom. The molecule has 0 fully saturated rings. The lowest BCUT2D eigenvalue weighted by Gasteiger charge is -2.18. The number of fused-ring (bicyclic) bond motifs is 1. The van der Waals surface area contributed by atoms with Crippen molar-refractivity contribution in [2.75, 3.05) is 13.1 Å². The third-order valence-corrected chi connectivity index (χ3v) is 5.59. The van der Waals surface area contributed by atoms with Crippen LogP contribution in [0, 0.1) is 11.3 Å². The van der Waals surface area contributed by atoms with Gasteiger partial charge in [0.25, 0.3) is 0 Å². The van der Waals surface area contributed by atoms with Crippen LogP contribution in [0.15, 0.2) is 73.1 Å². The van der Waals surface area contributed by atoms with E-state index < -0.39 is 12.1 Å². The van der Waals surface area contributed by atoms with Gasteiger partial charge in [-0.1, -0.05) is 50.2 Å². The first-order chi connectivity index (χ1) is 17.2. The van der Waals surface area contributed by atoms with Gasteiger partial charge in [-0.15, -0.1) is 0 Å². The molecule has 0 atom stereocenters. The Kier molecular flexibility index (Phi) is 8.46. The molecule has 1 heterocycles. The van der Waals surface area contributed by atoms with Crippen molar-refractivity contribution in [2.45, 2.75) is 26.6 Å². The Labute approximate surface area is 206 Å². The second kappa shape index (κ2) is 11.5. The van der Waals surface area contributed by atoms with Gasteiger partial charge >= 0.3 is 12.1 Å². The highest BCUT2D eigenvalue weighted by Crippen LogP contribution is 2.32. The third kappa shape index (κ3) is 6.29. The molecule has 36 heavy (non-hydrogen) atoms. The van der Waals surface area contributed by atoms with E-state index in [0.29, 0.717) is 5.56 Å². The predicted molar refractivity (Wildman–Crippen MR) is 132 cm³/mol. The molecule has 0 aliphatic heterocycles. The summed E-state index contributed by atoms with van der Waals surface area (Å²) in [6.45, 7) is 7.34. The largest absolute Gasteiger partial charge is 0.490 e. The van der Waals surface area contributed by atoms with Gasteiger partial charge in [0.15, 0.2) is 0 Å². The van der Waals surface area contributed by atoms with Crippen LogP contribution in [-0.2, 0) is 11.3 Å². The van der Waals surface area contributed by atoms with Crippen LogP contribution in [0.5, 0.6) is 0 Å². The number of hydrogen-bond donors (Lipinski definition) is 1. The molecule has 1 N–H and O–H groups in total. The molecule has 4 rings (SSSR count). The van der Waals surface area contributed by atoms with Crippen LogP contribution in [0.1, 0.15) is 25.0 Å². The van der Waals surface area contributed by atoms with Crippen LogP contribution in [0.4, 0.5) is 13.2 Å². The molecule has 4 aromatic rings. The lowest BCUT2D eigenvalue weighted by molar-refractivity contribution is -0.192. The van der Waals surface area contributed by atoms with Gasteiger partial charge in [-0.2, -0.15) is 18.4 Å². The Bertz CT molecular complexity index is 1370. The van der Waals surface area contributed by atoms with E-state index in [1.807, 2.05) is 36.7 Å². The van der Waals surface area contributed by atoms with Crippen molar-refractivity contribution < 1.29 is 23.1 Å². The van der Waals surface area contributed by atoms with Crippen LogP contribution >= 0.6 is 0 Å². The van der Waals surface area contributed by atoms with Crippen LogP contribution in [0.3, 0.4) is 0 Å². The first kappa shape index (κ1) is 26.4. The number of carboxylic acids is 1. The summed E-state index contributed by atoms with van der Waals surface area (Å²) in [5.41, 5.74) is 6.94. The minimum atomic E-state index is -5.08. The summed E-state index contributed by atoms with van der Waals surface area (Å²) in [7, 11) is 0. The molecule has 6 nitrogen and oxygen atoms in total. The SMILES string of the molecule is CCN(CC)Cc1cccc(-c2cc(C#N)cc3ncn(-c4ccccc4)c23)c1.O=C(O)C(F)(F)F. The van der Waals surface area contributed by atoms with Crippen molar-refractivity contribution in [1.82, 2.24) is 14.5 Å². The fourth-order valence-electron chi connectivity index (χ4n) is 3.76. The number of carboxylic acid groups (broad SMARTS) is 1. The van der Waals surface area contributed by atoms with Crippen molar-refractivity contribution in [2.24, 2.45) is 0 Å². The van der Waals surface area contributed by atoms with E-state index >= 15 is 0 Å². The summed E-state index contributed by atoms with van der Waals surface area (Å²) in [5.74, 6) is -2.76. The van der Waals surface area contributed by atoms with Gasteiger partial charge in [-0.3, -0.25) is 9.47 Å². The highest BCUT2D eigenvalue weighted by Gasteiger charge is 2.38. The molecule has 1 aromatic heterocycles. The number of aliphatic carboxylic acids is 1. The molecule has 3 aromatic carbocycles. The molecule has 0 aliphatic carbocycles. The molecule has 0 amide bonds. The molecule has 0 aliphatic rings. The number of benzene rings is 3. The van der Waals surface area contributed by atoms with Crippen molar-refractivity contribution >= 4 is 17.0 Å². The quantitative estimate of drug-likeness (QED) is 0.353. The highest BCUT2D eigenvalue weighted by molar-refractivity contribution is 5.94. The number of halogens is 3. The Morgan fingerprint density at radius 2 is 1.72 bits per heavy atom. The fraction of sp³-hybridized carbons (Fsp3) is 0.222. The molecular formula is C27H25F3N4O2. The maximum absolute atomic E-state index is 10.6. The van der Waals surface area contributed by atoms with Gasteiger partial charge in [-0.25, -0.2) is 9.78 Å². The lowest BCUT2D eigenvalue weighted by atomic mass is 9.99. The standard InChI is InChI=1S/C25H24N4.C2HF3O2/c1-3-28(4-2)17-19-9-8-10-21(13-19)23-14-20(16-26)15-24-25(23)29(18-27-24)22-11-6-5-7-12-22;3-2(4,5)1(6)7/h5-15,18H,3-4,17H2,1-2H3;(H,6,7). The van der Waals surface area contributed by atoms with E-state index in [-0.39, 0.29) is 0 Å². The van der Waals surface area contributed by atoms with E-state index in [0.717, 1.165) is 47.5 Å². The number of nitrogens with zero attached hydrogens (tertiary/aromatic N) is 4. The smallest absolute Gasteiger partial charge is 0.475 e. The van der Waals surface area contributed by atoms with Crippen molar-refractivity contribution in [1.29, 1.82) is 5.26 Å². The van der Waals surface area contributed by atoms with Crippen LogP contribution in [0.25, 0.3) is 27.8 Å². The molecule has 186 valence electrons. The maximum Gasteiger partial charge on any atom is 0.490 e. The van der Waals surface area contributed by atoms with Gasteiger partial charge in [-0.05, 0) is 54.5 Å². The predicted octanol–water partition coefficient (Wildman–Crippen LogP) is 6.04. The number of rotatable bonds is 6. The number of aromatic nitrogens is 2. The molecule has 0 saturated carbocycles. The Morgan fingerprint density at radius 1 is 1.06 bits per heavy atom. The molecule has 0 bridgehead atoms. The van der Waals surface area contributed by atoms with E-state index in [2.05, 4.69) is 70.8 Å². The molecule has 0 saturated heterocycles. The van der Waals surface area contributed by atoms with Gasteiger partial charge in [0.1, 0.15) is 6.33 Å². The van der Waals surface area contributed by atoms with E-state index in [1.165, 1.54) is 5.56 Å². The summed E-state index contributed by atoms with van der Waals surface area (Å²) in [5, 5.41) is 16.7. The Balaban J connectivity index is 0.000000454. The lowest BCUT2D eigenvalue weighted by Crippen LogP contribution is -2.22. The van der Waals surface area contributed by atoms with Gasteiger partial charge < -0.3 is 5.11 Å². The highest BCUT2D eigenvalue weighted by atomic mass is 19.4. The van der Waals surface area contributed by atoms with Crippen molar-refractivity contribution in [3.63, 3.8) is 0 Å². The van der Waals surface area contributed by atoms with Crippen LogP contribution in [-0.4, -0.2) is 44.8 Å². The second-order valence-electron chi connectivity index (χ2n) is 7.92. The zero-order chi connectivity index (χ0) is 26.3. The summed E-state index contributed by atoms with van der Waals surface area (Å²) in [6, 6.07) is 24.9. The van der Waals surface area contributed by atoms with Crippen molar-refractivity contribution in [3.8, 4) is 22.9 Å². The molecular weight excluding hydrogens is 469 g/mol. The number of hydrogen-bond acceptors (Lipinski definition) is 4. The minimum absolute atomic E-state index is 0.625. The average Bonchev–Trinajstić information content (AvgIpc) is 3.31. The first-order valence-electron chi connectivity index (χ1n) is 11.3. The zero-order valence-corrected chi connectivity index (χ0v) is 19.8. The zero-order valence-electron chi connectivity index (χ0n) is 19.8. The Hall–Kier alpha value is -4.16. The topological polar surface area (TPSA) is 82.2 Å². The second-order valence-corrected chi connectivity index (χ2v) is 7.92. The van der Waals surface area contributed by atoms with Gasteiger partial charge in [0, 0.05) is 17.8 Å². The summed E-state index contributed by atoms with van der Waals surface area (Å²) in [4.78, 5) is 15.9. The van der Waals surface area contributed by atoms with E-state index in [4.69, 9.17) is 9.90 Å². The van der Waals surface area contributed by atoms with Gasteiger partial charge in [0.2, 0.25) is 0 Å². The van der Waals surface area contributed by atoms with E-state index in [1.54, 1.807) is 0 Å². The number of para-hydroxylation sites is 1. The molecule has 0 radical (unpaired) electrons. The number of imidazole rings is 1. The molecule has 0 unspecified atom stereocenters. The maximum atomic E-state index is 10.6. The monoisotopic (exact) mass is 494 g/mol. The number of nitriles is 1. The molecule has 0 spiro atoms. The number of alkyl halides is 3. The summed E-state index contributed by atoms with van der Waals surface area (Å²) >= 11 is 0. The first-order valence-corrected chi connectivity index (χ1v) is 11.3. The van der Waals surface area contributed by atoms with Crippen LogP contribution < -0.4 is 0 Å². The average molecular weight is 495 g/mol. The minimum Gasteiger partial charge on any atom is -0.475 e. The van der Waals surface area contributed by atoms with Gasteiger partial charge in [0.05, 0.1) is 22.7 Å². The van der Waals surface area contributed by atoms with Crippen LogP contribution in [0.2, 0.25) is 0 Å². The van der Waals surface area contributed by atoms with E-state index in [9.17, 15) is 18.4 Å². The third-order valence-electron chi connectivity index (χ3n) is 5.59. The van der Waals surface area contributed by atoms with Crippen molar-refractivity contribution in [3.05, 3.63) is 84.2 Å². The molecule has 9 heteroatoms. The summed E-state index contributed by atoms with van der Waals surface area (Å²) in [6.07, 6.45) is -3.25. The normalized spacial score (nSPS) is 11.1. The fourth-order valence-corrected chi connectivity index (χ4v) is 3.76. The summed E-state index contributed by atoms with van der Waals surface area (Å²) < 4.78 is 33.8.